The third-order valence-corrected chi connectivity index (χ3v) is 3.71. The lowest BCUT2D eigenvalue weighted by molar-refractivity contribution is -0.885. The molecule has 3 nitrogen and oxygen atoms in total. The summed E-state index contributed by atoms with van der Waals surface area (Å²) in [5, 5.41) is 2.73. The maximum absolute atomic E-state index is 13.1. The molecule has 0 aliphatic heterocycles. The summed E-state index contributed by atoms with van der Waals surface area (Å²) in [4.78, 5) is 13.1. The van der Waals surface area contributed by atoms with Gasteiger partial charge in [-0.1, -0.05) is 35.9 Å². The van der Waals surface area contributed by atoms with Crippen molar-refractivity contribution in [1.82, 2.24) is 0 Å². The lowest BCUT2D eigenvalue weighted by atomic mass is 10.1. The van der Waals surface area contributed by atoms with Crippen molar-refractivity contribution in [2.75, 3.05) is 18.9 Å². The van der Waals surface area contributed by atoms with Crippen molar-refractivity contribution in [3.63, 3.8) is 0 Å². The predicted octanol–water partition coefficient (Wildman–Crippen LogP) is 2.44. The first-order chi connectivity index (χ1) is 10.5. The van der Waals surface area contributed by atoms with Crippen LogP contribution in [0.4, 0.5) is 10.1 Å². The molecular formula is C17H19ClFN2O+. The average molecular weight is 322 g/mol. The smallest absolute Gasteiger partial charge is 0.279 e. The maximum atomic E-state index is 13.1. The summed E-state index contributed by atoms with van der Waals surface area (Å²) in [7, 11) is 1.96. The third kappa shape index (κ3) is 4.55. The zero-order valence-electron chi connectivity index (χ0n) is 12.6. The second-order valence-electron chi connectivity index (χ2n) is 5.41. The Labute approximate surface area is 134 Å². The van der Waals surface area contributed by atoms with Crippen LogP contribution >= 0.6 is 11.6 Å². The van der Waals surface area contributed by atoms with E-state index in [9.17, 15) is 9.18 Å². The number of aryl methyl sites for hydroxylation is 1. The number of benzene rings is 2. The molecule has 1 atom stereocenters. The highest BCUT2D eigenvalue weighted by Gasteiger charge is 2.12. The molecule has 0 radical (unpaired) electrons. The standard InChI is InChI=1S/C17H18ClFN2O/c1-12-5-3-4-6-13(12)10-21(2)11-17(22)20-14-7-8-16(19)15(18)9-14/h3-9H,10-11H2,1-2H3,(H,20,22)/p+1. The molecule has 1 unspecified atom stereocenters. The van der Waals surface area contributed by atoms with E-state index >= 15 is 0 Å². The van der Waals surface area contributed by atoms with Gasteiger partial charge in [-0.25, -0.2) is 4.39 Å². The first-order valence-corrected chi connectivity index (χ1v) is 7.44. The zero-order valence-corrected chi connectivity index (χ0v) is 13.4. The van der Waals surface area contributed by atoms with E-state index in [2.05, 4.69) is 24.4 Å². The van der Waals surface area contributed by atoms with Gasteiger partial charge in [0, 0.05) is 11.3 Å². The second kappa shape index (κ2) is 7.38. The van der Waals surface area contributed by atoms with Gasteiger partial charge in [0.1, 0.15) is 12.4 Å². The number of nitrogens with one attached hydrogen (secondary N) is 2. The highest BCUT2D eigenvalue weighted by atomic mass is 35.5. The van der Waals surface area contributed by atoms with E-state index < -0.39 is 5.82 Å². The second-order valence-corrected chi connectivity index (χ2v) is 5.82. The zero-order chi connectivity index (χ0) is 16.1. The summed E-state index contributed by atoms with van der Waals surface area (Å²) in [6, 6.07) is 12.3. The van der Waals surface area contributed by atoms with Gasteiger partial charge < -0.3 is 10.2 Å². The summed E-state index contributed by atoms with van der Waals surface area (Å²) in [5.74, 6) is -0.629. The Morgan fingerprint density at radius 2 is 2.00 bits per heavy atom. The molecule has 0 aliphatic carbocycles. The van der Waals surface area contributed by atoms with Gasteiger partial charge in [0.2, 0.25) is 0 Å². The number of hydrogen-bond acceptors (Lipinski definition) is 1. The van der Waals surface area contributed by atoms with Crippen molar-refractivity contribution < 1.29 is 14.1 Å². The van der Waals surface area contributed by atoms with E-state index in [1.165, 1.54) is 29.3 Å². The molecule has 2 rings (SSSR count). The molecule has 2 aromatic carbocycles. The summed E-state index contributed by atoms with van der Waals surface area (Å²) < 4.78 is 13.1. The van der Waals surface area contributed by atoms with Crippen molar-refractivity contribution in [3.8, 4) is 0 Å². The number of likely N-dealkylation sites (N-methyl/N-ethyl adjacent to an activating group) is 1. The van der Waals surface area contributed by atoms with Crippen molar-refractivity contribution >= 4 is 23.2 Å². The highest BCUT2D eigenvalue weighted by molar-refractivity contribution is 6.31. The Bertz CT molecular complexity index is 675. The van der Waals surface area contributed by atoms with Crippen molar-refractivity contribution in [1.29, 1.82) is 0 Å². The van der Waals surface area contributed by atoms with E-state index in [1.54, 1.807) is 0 Å². The average Bonchev–Trinajstić information content (AvgIpc) is 2.45. The van der Waals surface area contributed by atoms with Crippen molar-refractivity contribution in [2.45, 2.75) is 13.5 Å². The lowest BCUT2D eigenvalue weighted by Gasteiger charge is -2.15. The molecule has 116 valence electrons. The van der Waals surface area contributed by atoms with Crippen LogP contribution in [0.1, 0.15) is 11.1 Å². The minimum atomic E-state index is -0.498. The van der Waals surface area contributed by atoms with Gasteiger partial charge in [-0.3, -0.25) is 4.79 Å². The fraction of sp³-hybridized carbons (Fsp3) is 0.235. The number of quaternary nitrogens is 1. The number of anilines is 1. The number of hydrogen-bond donors (Lipinski definition) is 2. The van der Waals surface area contributed by atoms with Crippen LogP contribution in [0.15, 0.2) is 42.5 Å². The molecule has 0 aliphatic rings. The van der Waals surface area contributed by atoms with Gasteiger partial charge >= 0.3 is 0 Å². The minimum absolute atomic E-state index is 0.00147. The monoisotopic (exact) mass is 321 g/mol. The number of amides is 1. The molecule has 2 N–H and O–H groups in total. The van der Waals surface area contributed by atoms with Gasteiger partial charge in [-0.05, 0) is 30.7 Å². The fourth-order valence-corrected chi connectivity index (χ4v) is 2.43. The minimum Gasteiger partial charge on any atom is -0.326 e. The van der Waals surface area contributed by atoms with E-state index in [4.69, 9.17) is 11.6 Å². The molecule has 0 heterocycles. The first-order valence-electron chi connectivity index (χ1n) is 7.06. The molecule has 5 heteroatoms. The molecule has 0 fully saturated rings. The van der Waals surface area contributed by atoms with Crippen molar-refractivity contribution in [3.05, 3.63) is 64.4 Å². The molecule has 2 aromatic rings. The van der Waals surface area contributed by atoms with Crippen LogP contribution in [0.3, 0.4) is 0 Å². The van der Waals surface area contributed by atoms with E-state index in [-0.39, 0.29) is 10.9 Å². The van der Waals surface area contributed by atoms with Gasteiger partial charge in [-0.2, -0.15) is 0 Å². The van der Waals surface area contributed by atoms with Crippen LogP contribution in [0.5, 0.6) is 0 Å². The van der Waals surface area contributed by atoms with Crippen LogP contribution in [-0.2, 0) is 11.3 Å². The first kappa shape index (κ1) is 16.5. The largest absolute Gasteiger partial charge is 0.326 e. The van der Waals surface area contributed by atoms with Gasteiger partial charge in [0.25, 0.3) is 5.91 Å². The SMILES string of the molecule is Cc1ccccc1C[NH+](C)CC(=O)Nc1ccc(F)c(Cl)c1. The molecule has 22 heavy (non-hydrogen) atoms. The quantitative estimate of drug-likeness (QED) is 0.871. The number of halogens is 2. The van der Waals surface area contributed by atoms with Crippen molar-refractivity contribution in [2.24, 2.45) is 0 Å². The molecule has 0 saturated heterocycles. The molecule has 0 saturated carbocycles. The fourth-order valence-electron chi connectivity index (χ4n) is 2.25. The molecule has 0 spiro atoms. The van der Waals surface area contributed by atoms with E-state index in [1.807, 2.05) is 19.2 Å². The van der Waals surface area contributed by atoms with Crippen LogP contribution in [0, 0.1) is 12.7 Å². The summed E-state index contributed by atoms with van der Waals surface area (Å²) in [6.45, 7) is 3.15. The number of carbonyl (C=O) groups is 1. The lowest BCUT2D eigenvalue weighted by Crippen LogP contribution is -3.08. The Morgan fingerprint density at radius 3 is 2.68 bits per heavy atom. The Morgan fingerprint density at radius 1 is 1.27 bits per heavy atom. The molecule has 0 bridgehead atoms. The topological polar surface area (TPSA) is 33.5 Å². The Hall–Kier alpha value is -1.91. The highest BCUT2D eigenvalue weighted by Crippen LogP contribution is 2.19. The molecule has 0 aromatic heterocycles. The maximum Gasteiger partial charge on any atom is 0.279 e. The molecule has 1 amide bonds. The van der Waals surface area contributed by atoms with Crippen LogP contribution in [0.2, 0.25) is 5.02 Å². The molecular weight excluding hydrogens is 303 g/mol. The van der Waals surface area contributed by atoms with Crippen LogP contribution in [0.25, 0.3) is 0 Å². The van der Waals surface area contributed by atoms with Gasteiger partial charge in [-0.15, -0.1) is 0 Å². The predicted molar refractivity (Wildman–Crippen MR) is 86.7 cm³/mol. The van der Waals surface area contributed by atoms with Gasteiger partial charge in [0.05, 0.1) is 12.1 Å². The van der Waals surface area contributed by atoms with E-state index in [0.717, 1.165) is 11.4 Å². The summed E-state index contributed by atoms with van der Waals surface area (Å²) in [6.07, 6.45) is 0. The van der Waals surface area contributed by atoms with Gasteiger partial charge in [0.15, 0.2) is 6.54 Å². The van der Waals surface area contributed by atoms with Crippen LogP contribution < -0.4 is 10.2 Å². The number of rotatable bonds is 5. The summed E-state index contributed by atoms with van der Waals surface area (Å²) >= 11 is 5.70. The summed E-state index contributed by atoms with van der Waals surface area (Å²) in [5.41, 5.74) is 2.94. The van der Waals surface area contributed by atoms with Crippen LogP contribution in [-0.4, -0.2) is 19.5 Å². The van der Waals surface area contributed by atoms with E-state index in [0.29, 0.717) is 12.2 Å². The Kier molecular flexibility index (Phi) is 5.52. The third-order valence-electron chi connectivity index (χ3n) is 3.42. The normalized spacial score (nSPS) is 12.0. The Balaban J connectivity index is 1.91. The number of carbonyl (C=O) groups excluding carboxylic acids is 1.